The number of carboxylic acids is 1. The molecule has 1 fully saturated rings. The minimum Gasteiger partial charge on any atom is -0.477 e. The first-order chi connectivity index (χ1) is 13.4. The molecule has 3 aromatic heterocycles. The Bertz CT molecular complexity index is 1200. The molecule has 2 aliphatic rings. The number of carbonyl (C=O) groups is 1. The van der Waals surface area contributed by atoms with Crippen LogP contribution in [0.3, 0.4) is 0 Å². The zero-order valence-corrected chi connectivity index (χ0v) is 17.6. The number of fused-ring (bicyclic) bond motifs is 2. The fourth-order valence-electron chi connectivity index (χ4n) is 4.11. The number of rotatable bonds is 3. The lowest BCUT2D eigenvalue weighted by Crippen LogP contribution is -2.19. The molecule has 3 heterocycles. The van der Waals surface area contributed by atoms with E-state index in [4.69, 9.17) is 10.7 Å². The maximum Gasteiger partial charge on any atom is 0.341 e. The Balaban J connectivity index is 0.00000205. The van der Waals surface area contributed by atoms with Crippen molar-refractivity contribution in [2.24, 2.45) is 5.73 Å². The van der Waals surface area contributed by atoms with E-state index in [2.05, 4.69) is 6.07 Å². The second-order valence-corrected chi connectivity index (χ2v) is 8.97. The van der Waals surface area contributed by atoms with Gasteiger partial charge in [-0.25, -0.2) is 9.78 Å². The molecule has 29 heavy (non-hydrogen) atoms. The third-order valence-corrected chi connectivity index (χ3v) is 6.98. The van der Waals surface area contributed by atoms with Gasteiger partial charge in [-0.2, -0.15) is 0 Å². The Morgan fingerprint density at radius 1 is 1.31 bits per heavy atom. The summed E-state index contributed by atoms with van der Waals surface area (Å²) in [5.74, 6) is -1.19. The molecular formula is C21H22ClN3O3S. The van der Waals surface area contributed by atoms with Crippen LogP contribution in [0.4, 0.5) is 0 Å². The van der Waals surface area contributed by atoms with E-state index in [1.165, 1.54) is 16.6 Å². The van der Waals surface area contributed by atoms with E-state index in [1.807, 2.05) is 11.5 Å². The molecule has 0 aliphatic heterocycles. The minimum absolute atomic E-state index is 0. The number of halogens is 1. The van der Waals surface area contributed by atoms with Crippen LogP contribution < -0.4 is 11.2 Å². The number of nitrogens with zero attached hydrogens (tertiary/aromatic N) is 2. The summed E-state index contributed by atoms with van der Waals surface area (Å²) in [7, 11) is 0. The largest absolute Gasteiger partial charge is 0.477 e. The second-order valence-electron chi connectivity index (χ2n) is 7.83. The van der Waals surface area contributed by atoms with E-state index in [0.717, 1.165) is 48.2 Å². The standard InChI is InChI=1S/C21H21N3O3S.ClH/c1-10-7-13-19(25)14(21(26)27)9-24(11-5-6-11)20(13)23-18(10)17-8-12-15(22)3-2-4-16(12)28-17;/h7-9,11,15H,2-6,22H2,1H3,(H,26,27);1H. The smallest absolute Gasteiger partial charge is 0.341 e. The number of thiophene rings is 1. The summed E-state index contributed by atoms with van der Waals surface area (Å²) in [6.07, 6.45) is 6.58. The topological polar surface area (TPSA) is 98.2 Å². The van der Waals surface area contributed by atoms with Crippen molar-refractivity contribution < 1.29 is 9.90 Å². The van der Waals surface area contributed by atoms with Crippen molar-refractivity contribution in [3.05, 3.63) is 50.1 Å². The summed E-state index contributed by atoms with van der Waals surface area (Å²) in [4.78, 5) is 31.5. The van der Waals surface area contributed by atoms with Gasteiger partial charge >= 0.3 is 5.97 Å². The van der Waals surface area contributed by atoms with Crippen LogP contribution in [0, 0.1) is 6.92 Å². The molecule has 0 bridgehead atoms. The molecule has 1 saturated carbocycles. The van der Waals surface area contributed by atoms with E-state index in [1.54, 1.807) is 17.4 Å². The Kier molecular flexibility index (Phi) is 5.01. The highest BCUT2D eigenvalue weighted by molar-refractivity contribution is 7.15. The molecule has 3 N–H and O–H groups in total. The average molecular weight is 432 g/mol. The molecule has 0 radical (unpaired) electrons. The lowest BCUT2D eigenvalue weighted by atomic mass is 9.94. The molecule has 0 saturated heterocycles. The first kappa shape index (κ1) is 20.1. The Labute approximate surface area is 177 Å². The van der Waals surface area contributed by atoms with Crippen LogP contribution in [0.5, 0.6) is 0 Å². The number of hydrogen-bond acceptors (Lipinski definition) is 5. The van der Waals surface area contributed by atoms with Gasteiger partial charge in [-0.1, -0.05) is 0 Å². The van der Waals surface area contributed by atoms with Crippen molar-refractivity contribution in [2.75, 3.05) is 0 Å². The van der Waals surface area contributed by atoms with Crippen LogP contribution in [-0.2, 0) is 6.42 Å². The zero-order valence-electron chi connectivity index (χ0n) is 16.0. The highest BCUT2D eigenvalue weighted by Gasteiger charge is 2.28. The van der Waals surface area contributed by atoms with Crippen LogP contribution in [0.1, 0.15) is 64.1 Å². The molecule has 1 unspecified atom stereocenters. The number of carboxylic acid groups (broad SMARTS) is 1. The number of aromatic carboxylic acids is 1. The van der Waals surface area contributed by atoms with Gasteiger partial charge in [0.25, 0.3) is 0 Å². The van der Waals surface area contributed by atoms with Crippen molar-refractivity contribution in [2.45, 2.75) is 51.1 Å². The number of aromatic nitrogens is 2. The van der Waals surface area contributed by atoms with Gasteiger partial charge in [0.1, 0.15) is 11.2 Å². The molecule has 5 rings (SSSR count). The van der Waals surface area contributed by atoms with Crippen LogP contribution in [0.25, 0.3) is 21.6 Å². The first-order valence-electron chi connectivity index (χ1n) is 9.62. The van der Waals surface area contributed by atoms with Crippen LogP contribution in [0.2, 0.25) is 0 Å². The summed E-state index contributed by atoms with van der Waals surface area (Å²) >= 11 is 1.73. The van der Waals surface area contributed by atoms with Gasteiger partial charge in [0.2, 0.25) is 5.43 Å². The third kappa shape index (κ3) is 3.27. The highest BCUT2D eigenvalue weighted by atomic mass is 35.5. The summed E-state index contributed by atoms with van der Waals surface area (Å²) < 4.78 is 1.88. The zero-order chi connectivity index (χ0) is 19.6. The van der Waals surface area contributed by atoms with Crippen molar-refractivity contribution in [1.29, 1.82) is 0 Å². The van der Waals surface area contributed by atoms with Gasteiger partial charge in [0, 0.05) is 23.2 Å². The molecule has 1 atom stereocenters. The molecule has 0 spiro atoms. The molecular weight excluding hydrogens is 410 g/mol. The summed E-state index contributed by atoms with van der Waals surface area (Å²) in [6.45, 7) is 1.93. The van der Waals surface area contributed by atoms with E-state index in [9.17, 15) is 14.7 Å². The fraction of sp³-hybridized carbons (Fsp3) is 0.381. The van der Waals surface area contributed by atoms with Crippen LogP contribution in [0.15, 0.2) is 23.1 Å². The first-order valence-corrected chi connectivity index (χ1v) is 10.4. The van der Waals surface area contributed by atoms with E-state index < -0.39 is 11.4 Å². The summed E-state index contributed by atoms with van der Waals surface area (Å²) in [6, 6.07) is 4.24. The third-order valence-electron chi connectivity index (χ3n) is 5.76. The van der Waals surface area contributed by atoms with Crippen molar-refractivity contribution >= 4 is 40.7 Å². The SMILES string of the molecule is Cc1cc2c(=O)c(C(=O)O)cn(C3CC3)c2nc1-c1cc2c(s1)CCCC2N.Cl. The van der Waals surface area contributed by atoms with Gasteiger partial charge in [0.05, 0.1) is 16.0 Å². The maximum atomic E-state index is 12.7. The number of pyridine rings is 2. The van der Waals surface area contributed by atoms with E-state index in [0.29, 0.717) is 11.0 Å². The summed E-state index contributed by atoms with van der Waals surface area (Å²) in [5.41, 5.74) is 9.16. The maximum absolute atomic E-state index is 12.7. The molecule has 3 aromatic rings. The highest BCUT2D eigenvalue weighted by Crippen LogP contribution is 2.41. The summed E-state index contributed by atoms with van der Waals surface area (Å²) in [5, 5.41) is 9.81. The van der Waals surface area contributed by atoms with E-state index in [-0.39, 0.29) is 30.1 Å². The Morgan fingerprint density at radius 2 is 2.07 bits per heavy atom. The molecule has 6 nitrogen and oxygen atoms in total. The number of nitrogens with two attached hydrogens (primary N) is 1. The number of hydrogen-bond donors (Lipinski definition) is 2. The average Bonchev–Trinajstić information content (AvgIpc) is 3.40. The van der Waals surface area contributed by atoms with Gasteiger partial charge in [0.15, 0.2) is 0 Å². The quantitative estimate of drug-likeness (QED) is 0.646. The van der Waals surface area contributed by atoms with Crippen molar-refractivity contribution in [3.63, 3.8) is 0 Å². The Hall–Kier alpha value is -2.22. The molecule has 8 heteroatoms. The number of aryl methyl sites for hydroxylation is 2. The Morgan fingerprint density at radius 3 is 2.72 bits per heavy atom. The second kappa shape index (κ2) is 7.23. The monoisotopic (exact) mass is 431 g/mol. The lowest BCUT2D eigenvalue weighted by Gasteiger charge is -2.17. The predicted octanol–water partition coefficient (Wildman–Crippen LogP) is 4.22. The normalized spacial score (nSPS) is 18.3. The molecule has 0 amide bonds. The van der Waals surface area contributed by atoms with Crippen LogP contribution >= 0.6 is 23.7 Å². The van der Waals surface area contributed by atoms with Gasteiger partial charge < -0.3 is 15.4 Å². The molecule has 152 valence electrons. The minimum atomic E-state index is -1.19. The van der Waals surface area contributed by atoms with Gasteiger partial charge in [-0.05, 0) is 62.3 Å². The van der Waals surface area contributed by atoms with E-state index >= 15 is 0 Å². The van der Waals surface area contributed by atoms with Gasteiger partial charge in [-0.3, -0.25) is 4.79 Å². The van der Waals surface area contributed by atoms with Crippen LogP contribution in [-0.4, -0.2) is 20.6 Å². The molecule has 2 aliphatic carbocycles. The molecule has 0 aromatic carbocycles. The predicted molar refractivity (Wildman–Crippen MR) is 116 cm³/mol. The van der Waals surface area contributed by atoms with Crippen molar-refractivity contribution in [3.8, 4) is 10.6 Å². The lowest BCUT2D eigenvalue weighted by molar-refractivity contribution is 0.0695. The van der Waals surface area contributed by atoms with Gasteiger partial charge in [-0.15, -0.1) is 23.7 Å². The van der Waals surface area contributed by atoms with Crippen molar-refractivity contribution in [1.82, 2.24) is 9.55 Å². The fourth-order valence-corrected chi connectivity index (χ4v) is 5.44.